The molecule has 0 aliphatic rings. The van der Waals surface area contributed by atoms with Crippen LogP contribution in [0.2, 0.25) is 0 Å². The smallest absolute Gasteiger partial charge is 0.229 e. The highest BCUT2D eigenvalue weighted by molar-refractivity contribution is 7.15. The molecule has 6 nitrogen and oxygen atoms in total. The number of ether oxygens (including phenoxy) is 1. The minimum absolute atomic E-state index is 0.140. The summed E-state index contributed by atoms with van der Waals surface area (Å²) in [6.07, 6.45) is 0.225. The highest BCUT2D eigenvalue weighted by Crippen LogP contribution is 2.34. The number of hydrogen-bond acceptors (Lipinski definition) is 5. The zero-order valence-electron chi connectivity index (χ0n) is 15.9. The van der Waals surface area contributed by atoms with Crippen LogP contribution in [0.25, 0.3) is 10.6 Å². The summed E-state index contributed by atoms with van der Waals surface area (Å²) in [6, 6.07) is 14.7. The third kappa shape index (κ3) is 4.75. The second-order valence-electron chi connectivity index (χ2n) is 6.21. The van der Waals surface area contributed by atoms with Gasteiger partial charge in [-0.25, -0.2) is 4.98 Å². The maximum Gasteiger partial charge on any atom is 0.229 e. The zero-order chi connectivity index (χ0) is 20.1. The molecule has 1 heterocycles. The van der Waals surface area contributed by atoms with Crippen molar-refractivity contribution in [2.75, 3.05) is 17.7 Å². The van der Waals surface area contributed by atoms with Crippen LogP contribution in [0.4, 0.5) is 11.4 Å². The fourth-order valence-corrected chi connectivity index (χ4v) is 3.85. The average Bonchev–Trinajstić information content (AvgIpc) is 3.01. The first-order valence-electron chi connectivity index (χ1n) is 8.73. The fraction of sp³-hybridized carbons (Fsp3) is 0.190. The Morgan fingerprint density at radius 1 is 1.07 bits per heavy atom. The van der Waals surface area contributed by atoms with Gasteiger partial charge in [-0.05, 0) is 37.3 Å². The lowest BCUT2D eigenvalue weighted by molar-refractivity contribution is -0.115. The van der Waals surface area contributed by atoms with Crippen molar-refractivity contribution in [3.8, 4) is 16.3 Å². The number of thiazole rings is 1. The van der Waals surface area contributed by atoms with Gasteiger partial charge in [0.05, 0.1) is 24.8 Å². The number of aryl methyl sites for hydroxylation is 1. The predicted molar refractivity (Wildman–Crippen MR) is 112 cm³/mol. The number of rotatable bonds is 6. The Morgan fingerprint density at radius 3 is 2.50 bits per heavy atom. The number of hydrogen-bond donors (Lipinski definition) is 2. The number of amides is 2. The van der Waals surface area contributed by atoms with E-state index in [1.165, 1.54) is 18.3 Å². The van der Waals surface area contributed by atoms with Crippen LogP contribution in [0.3, 0.4) is 0 Å². The molecule has 28 heavy (non-hydrogen) atoms. The van der Waals surface area contributed by atoms with Crippen LogP contribution < -0.4 is 15.4 Å². The molecule has 2 amide bonds. The molecule has 144 valence electrons. The van der Waals surface area contributed by atoms with Crippen molar-refractivity contribution in [3.05, 3.63) is 59.1 Å². The molecule has 0 atom stereocenters. The molecule has 0 saturated heterocycles. The minimum Gasteiger partial charge on any atom is -0.496 e. The van der Waals surface area contributed by atoms with E-state index in [-0.39, 0.29) is 18.2 Å². The number of para-hydroxylation sites is 1. The van der Waals surface area contributed by atoms with Crippen molar-refractivity contribution in [2.45, 2.75) is 20.3 Å². The van der Waals surface area contributed by atoms with Crippen molar-refractivity contribution >= 4 is 34.5 Å². The number of nitrogens with zero attached hydrogens (tertiary/aromatic N) is 1. The summed E-state index contributed by atoms with van der Waals surface area (Å²) < 4.78 is 5.41. The number of aromatic nitrogens is 1. The van der Waals surface area contributed by atoms with Crippen molar-refractivity contribution in [3.63, 3.8) is 0 Å². The lowest BCUT2D eigenvalue weighted by atomic mass is 10.2. The first kappa shape index (κ1) is 19.6. The molecule has 0 aliphatic carbocycles. The van der Waals surface area contributed by atoms with Crippen LogP contribution in [0.5, 0.6) is 5.75 Å². The third-order valence-corrected chi connectivity index (χ3v) is 5.21. The van der Waals surface area contributed by atoms with Crippen molar-refractivity contribution in [2.24, 2.45) is 0 Å². The van der Waals surface area contributed by atoms with Crippen LogP contribution in [0.1, 0.15) is 17.5 Å². The van der Waals surface area contributed by atoms with Gasteiger partial charge < -0.3 is 15.4 Å². The minimum atomic E-state index is -0.160. The Morgan fingerprint density at radius 2 is 1.79 bits per heavy atom. The van der Waals surface area contributed by atoms with Crippen molar-refractivity contribution in [1.29, 1.82) is 0 Å². The van der Waals surface area contributed by atoms with E-state index in [2.05, 4.69) is 15.6 Å². The van der Waals surface area contributed by atoms with Gasteiger partial charge in [0.2, 0.25) is 11.8 Å². The van der Waals surface area contributed by atoms with E-state index in [0.29, 0.717) is 11.4 Å². The second-order valence-corrected chi connectivity index (χ2v) is 7.30. The zero-order valence-corrected chi connectivity index (χ0v) is 16.7. The Balaban J connectivity index is 1.73. The number of anilines is 2. The first-order chi connectivity index (χ1) is 13.5. The van der Waals surface area contributed by atoms with Gasteiger partial charge in [0, 0.05) is 23.2 Å². The molecule has 0 bridgehead atoms. The van der Waals surface area contributed by atoms with Gasteiger partial charge in [0.1, 0.15) is 10.8 Å². The number of nitrogens with one attached hydrogen (secondary N) is 2. The van der Waals surface area contributed by atoms with Gasteiger partial charge in [-0.1, -0.05) is 18.2 Å². The summed E-state index contributed by atoms with van der Waals surface area (Å²) in [6.45, 7) is 3.34. The fourth-order valence-electron chi connectivity index (χ4n) is 2.76. The van der Waals surface area contributed by atoms with Crippen LogP contribution >= 0.6 is 11.3 Å². The lowest BCUT2D eigenvalue weighted by Crippen LogP contribution is -2.14. The summed E-state index contributed by atoms with van der Waals surface area (Å²) in [5, 5.41) is 6.39. The molecular weight excluding hydrogens is 374 g/mol. The van der Waals surface area contributed by atoms with E-state index in [0.717, 1.165) is 26.9 Å². The standard InChI is InChI=1S/C21H21N3O3S/c1-13-19(28-21(22-13)17-9-4-5-10-18(17)27-3)12-20(26)24-16-8-6-7-15(11-16)23-14(2)25/h4-11H,12H2,1-3H3,(H,23,25)(H,24,26). The second kappa shape index (κ2) is 8.67. The Kier molecular flexibility index (Phi) is 6.06. The molecule has 0 radical (unpaired) electrons. The van der Waals surface area contributed by atoms with E-state index < -0.39 is 0 Å². The molecule has 3 aromatic rings. The number of benzene rings is 2. The van der Waals surface area contributed by atoms with E-state index in [1.807, 2.05) is 31.2 Å². The predicted octanol–water partition coefficient (Wildman–Crippen LogP) is 4.27. The average molecular weight is 395 g/mol. The summed E-state index contributed by atoms with van der Waals surface area (Å²) in [5.74, 6) is 0.452. The molecule has 3 rings (SSSR count). The Bertz CT molecular complexity index is 1010. The van der Waals surface area contributed by atoms with Gasteiger partial charge in [0.25, 0.3) is 0 Å². The lowest BCUT2D eigenvalue weighted by Gasteiger charge is -2.07. The molecule has 2 aromatic carbocycles. The molecule has 0 aliphatic heterocycles. The monoisotopic (exact) mass is 395 g/mol. The van der Waals surface area contributed by atoms with Crippen LogP contribution in [0.15, 0.2) is 48.5 Å². The molecule has 0 unspecified atom stereocenters. The van der Waals surface area contributed by atoms with Crippen molar-refractivity contribution in [1.82, 2.24) is 4.98 Å². The molecule has 0 spiro atoms. The maximum absolute atomic E-state index is 12.5. The number of carbonyl (C=O) groups is 2. The largest absolute Gasteiger partial charge is 0.496 e. The Hall–Kier alpha value is -3.19. The van der Waals surface area contributed by atoms with E-state index in [4.69, 9.17) is 4.74 Å². The molecule has 0 saturated carbocycles. The van der Waals surface area contributed by atoms with Gasteiger partial charge in [-0.15, -0.1) is 11.3 Å². The Labute approximate surface area is 167 Å². The molecular formula is C21H21N3O3S. The maximum atomic E-state index is 12.5. The quantitative estimate of drug-likeness (QED) is 0.653. The molecule has 2 N–H and O–H groups in total. The molecule has 0 fully saturated rings. The number of methoxy groups -OCH3 is 1. The highest BCUT2D eigenvalue weighted by Gasteiger charge is 2.15. The topological polar surface area (TPSA) is 80.3 Å². The van der Waals surface area contributed by atoms with Crippen LogP contribution in [-0.4, -0.2) is 23.9 Å². The summed E-state index contributed by atoms with van der Waals surface area (Å²) in [7, 11) is 1.63. The van der Waals surface area contributed by atoms with Crippen LogP contribution in [-0.2, 0) is 16.0 Å². The first-order valence-corrected chi connectivity index (χ1v) is 9.55. The molecule has 7 heteroatoms. The van der Waals surface area contributed by atoms with Gasteiger partial charge in [0.15, 0.2) is 0 Å². The van der Waals surface area contributed by atoms with E-state index in [1.54, 1.807) is 31.4 Å². The van der Waals surface area contributed by atoms with Crippen molar-refractivity contribution < 1.29 is 14.3 Å². The summed E-state index contributed by atoms with van der Waals surface area (Å²) >= 11 is 1.48. The van der Waals surface area contributed by atoms with Crippen LogP contribution in [0, 0.1) is 6.92 Å². The number of carbonyl (C=O) groups excluding carboxylic acids is 2. The summed E-state index contributed by atoms with van der Waals surface area (Å²) in [4.78, 5) is 29.2. The van der Waals surface area contributed by atoms with Gasteiger partial charge in [-0.2, -0.15) is 0 Å². The SMILES string of the molecule is COc1ccccc1-c1nc(C)c(CC(=O)Nc2cccc(NC(C)=O)c2)s1. The van der Waals surface area contributed by atoms with E-state index >= 15 is 0 Å². The molecule has 1 aromatic heterocycles. The highest BCUT2D eigenvalue weighted by atomic mass is 32.1. The summed E-state index contributed by atoms with van der Waals surface area (Å²) in [5.41, 5.74) is 3.00. The van der Waals surface area contributed by atoms with E-state index in [9.17, 15) is 9.59 Å². The normalized spacial score (nSPS) is 10.4. The third-order valence-electron chi connectivity index (χ3n) is 4.02. The van der Waals surface area contributed by atoms with Gasteiger partial charge >= 0.3 is 0 Å². The van der Waals surface area contributed by atoms with Gasteiger partial charge in [-0.3, -0.25) is 9.59 Å².